The van der Waals surface area contributed by atoms with Gasteiger partial charge in [-0.2, -0.15) is 0 Å². The van der Waals surface area contributed by atoms with E-state index < -0.39 is 28.9 Å². The number of carbonyl (C=O) groups excluding carboxylic acids is 1. The highest BCUT2D eigenvalue weighted by atomic mass is 19.4. The van der Waals surface area contributed by atoms with Gasteiger partial charge in [0, 0.05) is 43.9 Å². The lowest BCUT2D eigenvalue weighted by molar-refractivity contribution is -0.275. The highest BCUT2D eigenvalue weighted by Gasteiger charge is 2.73. The van der Waals surface area contributed by atoms with E-state index in [0.29, 0.717) is 17.7 Å². The Hall–Kier alpha value is -3.83. The molecule has 0 saturated heterocycles. The summed E-state index contributed by atoms with van der Waals surface area (Å²) in [7, 11) is 0. The Morgan fingerprint density at radius 1 is 1.19 bits per heavy atom. The van der Waals surface area contributed by atoms with Gasteiger partial charge in [-0.05, 0) is 32.0 Å². The first kappa shape index (κ1) is 22.6. The van der Waals surface area contributed by atoms with Crippen LogP contribution in [0.4, 0.5) is 17.6 Å². The molecule has 2 aliphatic heterocycles. The van der Waals surface area contributed by atoms with E-state index in [1.165, 1.54) is 10.9 Å². The number of benzene rings is 1. The number of pyridine rings is 1. The van der Waals surface area contributed by atoms with Gasteiger partial charge in [-0.3, -0.25) is 9.59 Å². The molecule has 188 valence electrons. The van der Waals surface area contributed by atoms with Gasteiger partial charge >= 0.3 is 6.36 Å². The molecule has 3 aromatic rings. The lowest BCUT2D eigenvalue weighted by Gasteiger charge is -2.32. The number of aromatic nitrogens is 3. The summed E-state index contributed by atoms with van der Waals surface area (Å²) in [4.78, 5) is 32.1. The van der Waals surface area contributed by atoms with Crippen molar-refractivity contribution in [3.8, 4) is 17.2 Å². The second-order valence-corrected chi connectivity index (χ2v) is 9.63. The Labute approximate surface area is 201 Å². The standard InChI is InChI=1S/C24H20F4N4O4/c1-13-9-31(12-29-13)16-3-4-17-20(33)30(5-6-32(17)21(16)34)11-23-10-22(23,2)35-18-8-15(25)19(7-14(18)23)36-24(26,27)28/h3-4,7-9,12H,5-6,10-11H2,1-2H3/t22-,23+/m1/s1. The summed E-state index contributed by atoms with van der Waals surface area (Å²) in [6, 6.07) is 5.05. The van der Waals surface area contributed by atoms with E-state index >= 15 is 0 Å². The average molecular weight is 504 g/mol. The number of aryl methyl sites for hydroxylation is 1. The first-order chi connectivity index (χ1) is 16.9. The fraction of sp³-hybridized carbons (Fsp3) is 0.375. The van der Waals surface area contributed by atoms with Crippen LogP contribution in [0.1, 0.15) is 35.1 Å². The minimum Gasteiger partial charge on any atom is -0.486 e. The van der Waals surface area contributed by atoms with Gasteiger partial charge in [0.05, 0.1) is 17.4 Å². The third-order valence-electron chi connectivity index (χ3n) is 7.34. The Morgan fingerprint density at radius 3 is 2.67 bits per heavy atom. The molecule has 6 rings (SSSR count). The second kappa shape index (κ2) is 7.11. The molecule has 36 heavy (non-hydrogen) atoms. The van der Waals surface area contributed by atoms with E-state index in [-0.39, 0.29) is 42.5 Å². The van der Waals surface area contributed by atoms with Crippen LogP contribution in [0.2, 0.25) is 0 Å². The Balaban J connectivity index is 1.31. The van der Waals surface area contributed by atoms with Crippen molar-refractivity contribution in [2.45, 2.75) is 44.2 Å². The molecule has 2 aromatic heterocycles. The van der Waals surface area contributed by atoms with Crippen LogP contribution in [0.3, 0.4) is 0 Å². The molecule has 1 saturated carbocycles. The summed E-state index contributed by atoms with van der Waals surface area (Å²) in [5.74, 6) is -2.36. The predicted molar refractivity (Wildman–Crippen MR) is 117 cm³/mol. The van der Waals surface area contributed by atoms with Crippen molar-refractivity contribution >= 4 is 5.91 Å². The fourth-order valence-electron chi connectivity index (χ4n) is 5.48. The number of alkyl halides is 3. The summed E-state index contributed by atoms with van der Waals surface area (Å²) in [6.07, 6.45) is -1.37. The monoisotopic (exact) mass is 504 g/mol. The maximum Gasteiger partial charge on any atom is 0.573 e. The van der Waals surface area contributed by atoms with Crippen LogP contribution in [0.5, 0.6) is 11.5 Å². The van der Waals surface area contributed by atoms with Crippen molar-refractivity contribution in [1.82, 2.24) is 19.0 Å². The van der Waals surface area contributed by atoms with E-state index in [4.69, 9.17) is 4.74 Å². The topological polar surface area (TPSA) is 78.6 Å². The zero-order chi connectivity index (χ0) is 25.6. The molecule has 0 unspecified atom stereocenters. The normalized spacial score (nSPS) is 24.2. The molecule has 2 atom stereocenters. The quantitative estimate of drug-likeness (QED) is 0.510. The Morgan fingerprint density at radius 2 is 1.97 bits per heavy atom. The van der Waals surface area contributed by atoms with Crippen LogP contribution in [0.15, 0.2) is 41.6 Å². The highest BCUT2D eigenvalue weighted by Crippen LogP contribution is 2.67. The average Bonchev–Trinajstić information content (AvgIpc) is 3.04. The summed E-state index contributed by atoms with van der Waals surface area (Å²) < 4.78 is 65.4. The number of rotatable bonds is 4. The zero-order valence-electron chi connectivity index (χ0n) is 19.2. The molecule has 12 heteroatoms. The minimum atomic E-state index is -5.05. The van der Waals surface area contributed by atoms with E-state index in [0.717, 1.165) is 17.8 Å². The van der Waals surface area contributed by atoms with Gasteiger partial charge < -0.3 is 23.5 Å². The van der Waals surface area contributed by atoms with Crippen LogP contribution in [-0.2, 0) is 12.0 Å². The number of hydrogen-bond acceptors (Lipinski definition) is 5. The molecule has 0 spiro atoms. The van der Waals surface area contributed by atoms with E-state index in [2.05, 4.69) is 9.72 Å². The maximum atomic E-state index is 14.2. The van der Waals surface area contributed by atoms with Gasteiger partial charge in [-0.25, -0.2) is 9.37 Å². The molecule has 1 aliphatic carbocycles. The molecule has 8 nitrogen and oxygen atoms in total. The molecule has 3 aliphatic rings. The number of halogens is 4. The fourth-order valence-corrected chi connectivity index (χ4v) is 5.48. The minimum absolute atomic E-state index is 0.136. The van der Waals surface area contributed by atoms with Gasteiger partial charge in [0.15, 0.2) is 11.6 Å². The van der Waals surface area contributed by atoms with Crippen LogP contribution in [0, 0.1) is 12.7 Å². The molecular formula is C24H20F4N4O4. The first-order valence-corrected chi connectivity index (χ1v) is 11.2. The molecule has 0 radical (unpaired) electrons. The number of amides is 1. The third kappa shape index (κ3) is 3.23. The number of carbonyl (C=O) groups is 1. The van der Waals surface area contributed by atoms with Crippen molar-refractivity contribution in [3.63, 3.8) is 0 Å². The van der Waals surface area contributed by atoms with Crippen LogP contribution in [0.25, 0.3) is 5.69 Å². The van der Waals surface area contributed by atoms with Crippen molar-refractivity contribution in [3.05, 3.63) is 69.9 Å². The van der Waals surface area contributed by atoms with Crippen LogP contribution >= 0.6 is 0 Å². The number of hydrogen-bond donors (Lipinski definition) is 0. The zero-order valence-corrected chi connectivity index (χ0v) is 19.2. The first-order valence-electron chi connectivity index (χ1n) is 11.2. The molecule has 1 aromatic carbocycles. The highest BCUT2D eigenvalue weighted by molar-refractivity contribution is 5.93. The smallest absolute Gasteiger partial charge is 0.486 e. The second-order valence-electron chi connectivity index (χ2n) is 9.63. The Bertz CT molecular complexity index is 1500. The van der Waals surface area contributed by atoms with Crippen molar-refractivity contribution in [2.75, 3.05) is 13.1 Å². The lowest BCUT2D eigenvalue weighted by atomic mass is 9.92. The number of ether oxygens (including phenoxy) is 2. The lowest BCUT2D eigenvalue weighted by Crippen LogP contribution is -2.48. The Kier molecular flexibility index (Phi) is 4.47. The maximum absolute atomic E-state index is 14.2. The molecule has 0 N–H and O–H groups in total. The molecule has 1 amide bonds. The summed E-state index contributed by atoms with van der Waals surface area (Å²) in [5, 5.41) is 0. The predicted octanol–water partition coefficient (Wildman–Crippen LogP) is 3.33. The van der Waals surface area contributed by atoms with Gasteiger partial charge in [-0.1, -0.05) is 0 Å². The van der Waals surface area contributed by atoms with Gasteiger partial charge in [0.2, 0.25) is 0 Å². The summed E-state index contributed by atoms with van der Waals surface area (Å²) >= 11 is 0. The van der Waals surface area contributed by atoms with Crippen molar-refractivity contribution in [2.24, 2.45) is 0 Å². The number of imidazole rings is 1. The SMILES string of the molecule is Cc1cn(-c2ccc3n(c2=O)CCN(C[C@]24C[C@@]2(C)Oc2cc(F)c(OC(F)(F)F)cc24)C3=O)cn1. The van der Waals surface area contributed by atoms with Crippen LogP contribution < -0.4 is 15.0 Å². The van der Waals surface area contributed by atoms with Gasteiger partial charge in [0.1, 0.15) is 22.7 Å². The van der Waals surface area contributed by atoms with Crippen LogP contribution in [-0.4, -0.2) is 50.0 Å². The molecule has 1 fully saturated rings. The molecule has 4 heterocycles. The van der Waals surface area contributed by atoms with Gasteiger partial charge in [-0.15, -0.1) is 13.2 Å². The van der Waals surface area contributed by atoms with Crippen molar-refractivity contribution < 1.29 is 31.8 Å². The largest absolute Gasteiger partial charge is 0.573 e. The van der Waals surface area contributed by atoms with Crippen molar-refractivity contribution in [1.29, 1.82) is 0 Å². The number of nitrogens with zero attached hydrogens (tertiary/aromatic N) is 4. The summed E-state index contributed by atoms with van der Waals surface area (Å²) in [5.41, 5.74) is -0.241. The van der Waals surface area contributed by atoms with E-state index in [1.807, 2.05) is 0 Å². The molecular weight excluding hydrogens is 484 g/mol. The third-order valence-corrected chi connectivity index (χ3v) is 7.34. The van der Waals surface area contributed by atoms with E-state index in [9.17, 15) is 27.2 Å². The van der Waals surface area contributed by atoms with Gasteiger partial charge in [0.25, 0.3) is 11.5 Å². The van der Waals surface area contributed by atoms with E-state index in [1.54, 1.807) is 41.6 Å². The number of fused-ring (bicyclic) bond motifs is 4. The molecule has 0 bridgehead atoms. The summed E-state index contributed by atoms with van der Waals surface area (Å²) in [6.45, 7) is 4.19.